The molecule has 0 aliphatic carbocycles. The number of rotatable bonds is 1. The number of aromatic nitrogens is 1. The van der Waals surface area contributed by atoms with Crippen LogP contribution < -0.4 is 11.1 Å². The summed E-state index contributed by atoms with van der Waals surface area (Å²) in [6, 6.07) is 11.3. The molecule has 3 N–H and O–H groups in total. The average molecular weight is 215 g/mol. The fourth-order valence-electron chi connectivity index (χ4n) is 2.61. The number of nitrogens with two attached hydrogens (primary N) is 1. The number of nitrogens with zero attached hydrogens (tertiary/aromatic N) is 1. The lowest BCUT2D eigenvalue weighted by molar-refractivity contribution is 0.328. The molecule has 0 amide bonds. The van der Waals surface area contributed by atoms with Gasteiger partial charge in [0, 0.05) is 24.3 Å². The molecule has 2 aromatic rings. The van der Waals surface area contributed by atoms with E-state index in [1.807, 2.05) is 0 Å². The molecule has 84 valence electrons. The molecule has 0 saturated carbocycles. The van der Waals surface area contributed by atoms with Crippen LogP contribution in [0.15, 0.2) is 36.5 Å². The van der Waals surface area contributed by atoms with Gasteiger partial charge in [-0.05, 0) is 30.5 Å². The van der Waals surface area contributed by atoms with E-state index in [0.29, 0.717) is 6.04 Å². The molecule has 2 unspecified atom stereocenters. The fourth-order valence-corrected chi connectivity index (χ4v) is 2.61. The second-order valence-corrected chi connectivity index (χ2v) is 4.51. The minimum atomic E-state index is 0.213. The molecule has 1 aromatic heterocycles. The predicted molar refractivity (Wildman–Crippen MR) is 66.4 cm³/mol. The van der Waals surface area contributed by atoms with Crippen molar-refractivity contribution in [3.8, 4) is 0 Å². The Morgan fingerprint density at radius 2 is 2.12 bits per heavy atom. The van der Waals surface area contributed by atoms with E-state index in [-0.39, 0.29) is 6.04 Å². The van der Waals surface area contributed by atoms with Crippen molar-refractivity contribution in [3.63, 3.8) is 0 Å². The summed E-state index contributed by atoms with van der Waals surface area (Å²) in [6.07, 6.45) is 3.28. The summed E-state index contributed by atoms with van der Waals surface area (Å²) in [5.41, 5.74) is 7.47. The predicted octanol–water partition coefficient (Wildman–Crippen LogP) is 1.50. The molecule has 1 fully saturated rings. The van der Waals surface area contributed by atoms with Crippen molar-refractivity contribution in [3.05, 3.63) is 36.5 Å². The standard InChI is InChI=1S/C13H17N3/c14-11-9-15-7-5-13(11)16-8-6-10-3-1-2-4-12(10)16/h1-4,6,8,11,13,15H,5,7,9,14H2. The molecule has 1 aliphatic heterocycles. The average Bonchev–Trinajstić information content (AvgIpc) is 2.74. The molecule has 3 heteroatoms. The van der Waals surface area contributed by atoms with Crippen molar-refractivity contribution >= 4 is 10.9 Å². The Morgan fingerprint density at radius 3 is 3.00 bits per heavy atom. The topological polar surface area (TPSA) is 43.0 Å². The van der Waals surface area contributed by atoms with Crippen molar-refractivity contribution in [2.24, 2.45) is 5.73 Å². The molecular formula is C13H17N3. The van der Waals surface area contributed by atoms with Gasteiger partial charge in [-0.25, -0.2) is 0 Å². The molecule has 1 aromatic carbocycles. The van der Waals surface area contributed by atoms with E-state index in [1.165, 1.54) is 10.9 Å². The summed E-state index contributed by atoms with van der Waals surface area (Å²) in [6.45, 7) is 1.97. The third-order valence-electron chi connectivity index (χ3n) is 3.48. The van der Waals surface area contributed by atoms with Crippen molar-refractivity contribution < 1.29 is 0 Å². The second-order valence-electron chi connectivity index (χ2n) is 4.51. The summed E-state index contributed by atoms with van der Waals surface area (Å²) < 4.78 is 2.33. The van der Waals surface area contributed by atoms with Gasteiger partial charge in [-0.2, -0.15) is 0 Å². The Labute approximate surface area is 95.2 Å². The van der Waals surface area contributed by atoms with Crippen LogP contribution in [0, 0.1) is 0 Å². The Bertz CT molecular complexity index is 489. The Morgan fingerprint density at radius 1 is 1.25 bits per heavy atom. The maximum atomic E-state index is 6.18. The monoisotopic (exact) mass is 215 g/mol. The number of fused-ring (bicyclic) bond motifs is 1. The highest BCUT2D eigenvalue weighted by molar-refractivity contribution is 5.80. The van der Waals surface area contributed by atoms with Crippen LogP contribution in [0.25, 0.3) is 10.9 Å². The molecular weight excluding hydrogens is 198 g/mol. The molecule has 16 heavy (non-hydrogen) atoms. The van der Waals surface area contributed by atoms with Gasteiger partial charge < -0.3 is 15.6 Å². The van der Waals surface area contributed by atoms with Crippen molar-refractivity contribution in [2.75, 3.05) is 13.1 Å². The third kappa shape index (κ3) is 1.52. The van der Waals surface area contributed by atoms with Crippen molar-refractivity contribution in [1.82, 2.24) is 9.88 Å². The van der Waals surface area contributed by atoms with Crippen LogP contribution in [0.4, 0.5) is 0 Å². The minimum Gasteiger partial charge on any atom is -0.343 e. The summed E-state index contributed by atoms with van der Waals surface area (Å²) in [5.74, 6) is 0. The Hall–Kier alpha value is -1.32. The number of nitrogens with one attached hydrogen (secondary N) is 1. The highest BCUT2D eigenvalue weighted by Gasteiger charge is 2.23. The fraction of sp³-hybridized carbons (Fsp3) is 0.385. The van der Waals surface area contributed by atoms with E-state index >= 15 is 0 Å². The van der Waals surface area contributed by atoms with Crippen LogP contribution in [-0.4, -0.2) is 23.7 Å². The molecule has 1 aliphatic rings. The van der Waals surface area contributed by atoms with Gasteiger partial charge in [-0.1, -0.05) is 18.2 Å². The third-order valence-corrected chi connectivity index (χ3v) is 3.48. The van der Waals surface area contributed by atoms with E-state index < -0.39 is 0 Å². The van der Waals surface area contributed by atoms with Crippen molar-refractivity contribution in [1.29, 1.82) is 0 Å². The zero-order chi connectivity index (χ0) is 11.0. The van der Waals surface area contributed by atoms with Crippen LogP contribution in [0.1, 0.15) is 12.5 Å². The van der Waals surface area contributed by atoms with Gasteiger partial charge in [0.15, 0.2) is 0 Å². The zero-order valence-corrected chi connectivity index (χ0v) is 9.26. The lowest BCUT2D eigenvalue weighted by atomic mass is 10.0. The molecule has 0 bridgehead atoms. The number of benzene rings is 1. The van der Waals surface area contributed by atoms with Gasteiger partial charge in [-0.3, -0.25) is 0 Å². The number of hydrogen-bond acceptors (Lipinski definition) is 2. The summed E-state index contributed by atoms with van der Waals surface area (Å²) in [5, 5.41) is 4.64. The maximum absolute atomic E-state index is 6.18. The number of para-hydroxylation sites is 1. The van der Waals surface area contributed by atoms with E-state index in [9.17, 15) is 0 Å². The van der Waals surface area contributed by atoms with Crippen LogP contribution >= 0.6 is 0 Å². The first-order valence-corrected chi connectivity index (χ1v) is 5.88. The SMILES string of the molecule is NC1CNCCC1n1ccc2ccccc21. The molecule has 1 saturated heterocycles. The Kier molecular flexibility index (Phi) is 2.42. The first-order chi connectivity index (χ1) is 7.86. The zero-order valence-electron chi connectivity index (χ0n) is 9.26. The van der Waals surface area contributed by atoms with Gasteiger partial charge >= 0.3 is 0 Å². The van der Waals surface area contributed by atoms with E-state index in [4.69, 9.17) is 5.73 Å². The molecule has 2 heterocycles. The quantitative estimate of drug-likeness (QED) is 0.757. The lowest BCUT2D eigenvalue weighted by Gasteiger charge is -2.31. The van der Waals surface area contributed by atoms with E-state index in [2.05, 4.69) is 46.4 Å². The first kappa shape index (κ1) is 9.87. The van der Waals surface area contributed by atoms with Gasteiger partial charge in [0.2, 0.25) is 0 Å². The number of piperidine rings is 1. The molecule has 3 rings (SSSR count). The van der Waals surface area contributed by atoms with Gasteiger partial charge in [0.1, 0.15) is 0 Å². The van der Waals surface area contributed by atoms with E-state index in [0.717, 1.165) is 19.5 Å². The normalized spacial score (nSPS) is 26.1. The molecule has 0 radical (unpaired) electrons. The summed E-state index contributed by atoms with van der Waals surface area (Å²) >= 11 is 0. The molecule has 2 atom stereocenters. The largest absolute Gasteiger partial charge is 0.343 e. The van der Waals surface area contributed by atoms with Gasteiger partial charge in [0.25, 0.3) is 0 Å². The smallest absolute Gasteiger partial charge is 0.0512 e. The second kappa shape index (κ2) is 3.92. The van der Waals surface area contributed by atoms with Gasteiger partial charge in [-0.15, -0.1) is 0 Å². The Balaban J connectivity index is 2.04. The lowest BCUT2D eigenvalue weighted by Crippen LogP contribution is -2.46. The van der Waals surface area contributed by atoms with E-state index in [1.54, 1.807) is 0 Å². The summed E-state index contributed by atoms with van der Waals surface area (Å²) in [7, 11) is 0. The van der Waals surface area contributed by atoms with Crippen LogP contribution in [0.3, 0.4) is 0 Å². The molecule has 3 nitrogen and oxygen atoms in total. The number of hydrogen-bond donors (Lipinski definition) is 2. The van der Waals surface area contributed by atoms with Crippen LogP contribution in [0.5, 0.6) is 0 Å². The highest BCUT2D eigenvalue weighted by Crippen LogP contribution is 2.24. The maximum Gasteiger partial charge on any atom is 0.0512 e. The molecule has 0 spiro atoms. The van der Waals surface area contributed by atoms with Crippen molar-refractivity contribution in [2.45, 2.75) is 18.5 Å². The first-order valence-electron chi connectivity index (χ1n) is 5.88. The minimum absolute atomic E-state index is 0.213. The highest BCUT2D eigenvalue weighted by atomic mass is 15.1. The van der Waals surface area contributed by atoms with Crippen LogP contribution in [0.2, 0.25) is 0 Å². The van der Waals surface area contributed by atoms with Gasteiger partial charge in [0.05, 0.1) is 6.04 Å². The van der Waals surface area contributed by atoms with Crippen LogP contribution in [-0.2, 0) is 0 Å². The summed E-state index contributed by atoms with van der Waals surface area (Å²) in [4.78, 5) is 0.